The monoisotopic (exact) mass is 400 g/mol. The third-order valence-corrected chi connectivity index (χ3v) is 2.51. The SMILES string of the molecule is CC(C)(C)NC(N)=NCc1ncnn1-c1ccccc1.I. The molecule has 0 atom stereocenters. The molecule has 0 aliphatic heterocycles. The number of hydrogen-bond donors (Lipinski definition) is 2. The number of aliphatic imine (C=N–C) groups is 1. The number of benzene rings is 1. The first-order chi connectivity index (χ1) is 9.46. The summed E-state index contributed by atoms with van der Waals surface area (Å²) in [6.45, 7) is 6.47. The quantitative estimate of drug-likeness (QED) is 0.470. The fourth-order valence-electron chi connectivity index (χ4n) is 1.74. The van der Waals surface area contributed by atoms with Crippen LogP contribution in [0, 0.1) is 0 Å². The maximum atomic E-state index is 5.85. The van der Waals surface area contributed by atoms with Gasteiger partial charge in [0.15, 0.2) is 11.8 Å². The number of guanidine groups is 1. The normalized spacial score (nSPS) is 11.9. The van der Waals surface area contributed by atoms with E-state index in [1.54, 1.807) is 4.68 Å². The van der Waals surface area contributed by atoms with Gasteiger partial charge in [-0.1, -0.05) is 18.2 Å². The molecule has 2 aromatic rings. The number of hydrogen-bond acceptors (Lipinski definition) is 3. The predicted octanol–water partition coefficient (Wildman–Crippen LogP) is 2.09. The van der Waals surface area contributed by atoms with Crippen LogP contribution in [0.15, 0.2) is 41.7 Å². The highest BCUT2D eigenvalue weighted by atomic mass is 127. The van der Waals surface area contributed by atoms with Crippen molar-refractivity contribution < 1.29 is 0 Å². The number of nitrogens with zero attached hydrogens (tertiary/aromatic N) is 4. The Hall–Kier alpha value is -1.64. The first-order valence-electron chi connectivity index (χ1n) is 6.48. The van der Waals surface area contributed by atoms with E-state index in [4.69, 9.17) is 5.73 Å². The molecule has 0 spiro atoms. The molecular weight excluding hydrogens is 379 g/mol. The molecule has 0 fully saturated rings. The number of nitrogens with two attached hydrogens (primary N) is 1. The molecule has 0 aliphatic rings. The lowest BCUT2D eigenvalue weighted by Crippen LogP contribution is -2.45. The minimum atomic E-state index is -0.110. The van der Waals surface area contributed by atoms with Crippen molar-refractivity contribution in [2.24, 2.45) is 10.7 Å². The highest BCUT2D eigenvalue weighted by molar-refractivity contribution is 14.0. The summed E-state index contributed by atoms with van der Waals surface area (Å²) < 4.78 is 1.76. The Morgan fingerprint density at radius 3 is 2.57 bits per heavy atom. The van der Waals surface area contributed by atoms with Gasteiger partial charge in [0.2, 0.25) is 0 Å². The molecule has 0 saturated carbocycles. The maximum absolute atomic E-state index is 5.85. The zero-order valence-electron chi connectivity index (χ0n) is 12.4. The zero-order valence-corrected chi connectivity index (χ0v) is 14.8. The molecule has 7 heteroatoms. The minimum Gasteiger partial charge on any atom is -0.370 e. The van der Waals surface area contributed by atoms with Crippen LogP contribution in [0.1, 0.15) is 26.6 Å². The second-order valence-corrected chi connectivity index (χ2v) is 5.50. The number of nitrogens with one attached hydrogen (secondary N) is 1. The summed E-state index contributed by atoms with van der Waals surface area (Å²) >= 11 is 0. The number of aromatic nitrogens is 3. The van der Waals surface area contributed by atoms with Gasteiger partial charge in [-0.25, -0.2) is 14.7 Å². The van der Waals surface area contributed by atoms with E-state index in [1.807, 2.05) is 51.1 Å². The molecular formula is C14H21IN6. The summed E-state index contributed by atoms with van der Waals surface area (Å²) in [5.74, 6) is 1.15. The van der Waals surface area contributed by atoms with Crippen molar-refractivity contribution in [3.8, 4) is 5.69 Å². The molecule has 6 nitrogen and oxygen atoms in total. The topological polar surface area (TPSA) is 81.1 Å². The Morgan fingerprint density at radius 2 is 1.95 bits per heavy atom. The van der Waals surface area contributed by atoms with E-state index in [9.17, 15) is 0 Å². The second kappa shape index (κ2) is 7.39. The van der Waals surface area contributed by atoms with Crippen molar-refractivity contribution in [1.82, 2.24) is 20.1 Å². The van der Waals surface area contributed by atoms with E-state index in [1.165, 1.54) is 6.33 Å². The largest absolute Gasteiger partial charge is 0.370 e. The van der Waals surface area contributed by atoms with Gasteiger partial charge in [-0.15, -0.1) is 24.0 Å². The van der Waals surface area contributed by atoms with E-state index >= 15 is 0 Å². The number of para-hydroxylation sites is 1. The third-order valence-electron chi connectivity index (χ3n) is 2.51. The van der Waals surface area contributed by atoms with Crippen LogP contribution in [-0.4, -0.2) is 26.3 Å². The molecule has 0 aliphatic carbocycles. The van der Waals surface area contributed by atoms with Gasteiger partial charge >= 0.3 is 0 Å². The standard InChI is InChI=1S/C14H20N6.HI/c1-14(2,3)19-13(15)16-9-12-17-10-18-20(12)11-7-5-4-6-8-11;/h4-8,10H,9H2,1-3H3,(H3,15,16,19);1H. The lowest BCUT2D eigenvalue weighted by molar-refractivity contribution is 0.508. The first-order valence-corrected chi connectivity index (χ1v) is 6.48. The van der Waals surface area contributed by atoms with Gasteiger partial charge in [-0.3, -0.25) is 0 Å². The van der Waals surface area contributed by atoms with Crippen molar-refractivity contribution in [2.75, 3.05) is 0 Å². The predicted molar refractivity (Wildman–Crippen MR) is 95.0 cm³/mol. The summed E-state index contributed by atoms with van der Waals surface area (Å²) in [5, 5.41) is 7.33. The van der Waals surface area contributed by atoms with Crippen LogP contribution in [-0.2, 0) is 6.54 Å². The zero-order chi connectivity index (χ0) is 14.6. The van der Waals surface area contributed by atoms with Crippen LogP contribution in [0.3, 0.4) is 0 Å². The molecule has 0 saturated heterocycles. The third kappa shape index (κ3) is 5.33. The molecule has 2 rings (SSSR count). The Bertz CT molecular complexity index is 585. The Kier molecular flexibility index (Phi) is 6.13. The molecule has 0 amide bonds. The highest BCUT2D eigenvalue weighted by Gasteiger charge is 2.10. The maximum Gasteiger partial charge on any atom is 0.189 e. The average molecular weight is 400 g/mol. The molecule has 114 valence electrons. The van der Waals surface area contributed by atoms with Gasteiger partial charge in [-0.05, 0) is 32.9 Å². The summed E-state index contributed by atoms with van der Waals surface area (Å²) in [4.78, 5) is 8.52. The van der Waals surface area contributed by atoms with Crippen molar-refractivity contribution in [3.05, 3.63) is 42.5 Å². The molecule has 1 aromatic heterocycles. The lowest BCUT2D eigenvalue weighted by atomic mass is 10.1. The number of halogens is 1. The first kappa shape index (κ1) is 17.4. The van der Waals surface area contributed by atoms with E-state index in [2.05, 4.69) is 20.4 Å². The molecule has 0 radical (unpaired) electrons. The fourth-order valence-corrected chi connectivity index (χ4v) is 1.74. The van der Waals surface area contributed by atoms with Gasteiger partial charge < -0.3 is 11.1 Å². The lowest BCUT2D eigenvalue weighted by Gasteiger charge is -2.20. The summed E-state index contributed by atoms with van der Waals surface area (Å²) in [6, 6.07) is 9.82. The molecule has 21 heavy (non-hydrogen) atoms. The Labute approximate surface area is 141 Å². The summed E-state index contributed by atoms with van der Waals surface area (Å²) in [7, 11) is 0. The summed E-state index contributed by atoms with van der Waals surface area (Å²) in [5.41, 5.74) is 6.69. The number of rotatable bonds is 3. The van der Waals surface area contributed by atoms with Crippen LogP contribution < -0.4 is 11.1 Å². The van der Waals surface area contributed by atoms with Crippen LogP contribution in [0.2, 0.25) is 0 Å². The highest BCUT2D eigenvalue weighted by Crippen LogP contribution is 2.08. The van der Waals surface area contributed by atoms with Gasteiger partial charge in [0, 0.05) is 5.54 Å². The van der Waals surface area contributed by atoms with Crippen LogP contribution >= 0.6 is 24.0 Å². The Morgan fingerprint density at radius 1 is 1.29 bits per heavy atom. The van der Waals surface area contributed by atoms with Crippen LogP contribution in [0.4, 0.5) is 0 Å². The average Bonchev–Trinajstić information content (AvgIpc) is 2.83. The van der Waals surface area contributed by atoms with Crippen LogP contribution in [0.5, 0.6) is 0 Å². The van der Waals surface area contributed by atoms with E-state index in [0.29, 0.717) is 12.5 Å². The van der Waals surface area contributed by atoms with Crippen molar-refractivity contribution in [2.45, 2.75) is 32.9 Å². The smallest absolute Gasteiger partial charge is 0.189 e. The van der Waals surface area contributed by atoms with Crippen molar-refractivity contribution in [3.63, 3.8) is 0 Å². The van der Waals surface area contributed by atoms with E-state index in [-0.39, 0.29) is 29.5 Å². The van der Waals surface area contributed by atoms with E-state index < -0.39 is 0 Å². The summed E-state index contributed by atoms with van der Waals surface area (Å²) in [6.07, 6.45) is 1.52. The fraction of sp³-hybridized carbons (Fsp3) is 0.357. The molecule has 1 aromatic carbocycles. The molecule has 3 N–H and O–H groups in total. The van der Waals surface area contributed by atoms with Crippen molar-refractivity contribution >= 4 is 29.9 Å². The van der Waals surface area contributed by atoms with Crippen molar-refractivity contribution in [1.29, 1.82) is 0 Å². The molecule has 0 bridgehead atoms. The molecule has 0 unspecified atom stereocenters. The second-order valence-electron chi connectivity index (χ2n) is 5.50. The van der Waals surface area contributed by atoms with Gasteiger partial charge in [0.25, 0.3) is 0 Å². The molecule has 1 heterocycles. The Balaban J connectivity index is 0.00000220. The van der Waals surface area contributed by atoms with Gasteiger partial charge in [0.1, 0.15) is 12.9 Å². The van der Waals surface area contributed by atoms with Gasteiger partial charge in [0.05, 0.1) is 5.69 Å². The van der Waals surface area contributed by atoms with Crippen LogP contribution in [0.25, 0.3) is 5.69 Å². The van der Waals surface area contributed by atoms with Gasteiger partial charge in [-0.2, -0.15) is 5.10 Å². The van der Waals surface area contributed by atoms with E-state index in [0.717, 1.165) is 11.5 Å². The minimum absolute atomic E-state index is 0.